The van der Waals surface area contributed by atoms with E-state index in [-0.39, 0.29) is 0 Å². The SMILES string of the molecule is CC(C)([Te]c1ccccc1)C(=O)O. The Morgan fingerprint density at radius 2 is 1.85 bits per heavy atom. The summed E-state index contributed by atoms with van der Waals surface area (Å²) in [5.74, 6) is -0.696. The minimum atomic E-state index is -0.696. The first-order chi connectivity index (χ1) is 6.02. The summed E-state index contributed by atoms with van der Waals surface area (Å²) in [4.78, 5) is 10.9. The molecular formula is C10H12O2Te. The van der Waals surface area contributed by atoms with Gasteiger partial charge < -0.3 is 0 Å². The molecule has 0 aromatic heterocycles. The fourth-order valence-corrected chi connectivity index (χ4v) is 3.59. The van der Waals surface area contributed by atoms with E-state index in [0.717, 1.165) is 0 Å². The second-order valence-corrected chi connectivity index (χ2v) is 8.07. The van der Waals surface area contributed by atoms with Crippen molar-refractivity contribution in [3.8, 4) is 0 Å². The molecule has 1 aromatic rings. The Labute approximate surface area is 88.0 Å². The summed E-state index contributed by atoms with van der Waals surface area (Å²) in [6.07, 6.45) is 0. The first-order valence-corrected chi connectivity index (χ1v) is 6.33. The molecule has 0 spiro atoms. The van der Waals surface area contributed by atoms with Gasteiger partial charge in [-0.3, -0.25) is 0 Å². The van der Waals surface area contributed by atoms with Crippen LogP contribution >= 0.6 is 0 Å². The molecular weight excluding hydrogens is 280 g/mol. The maximum atomic E-state index is 10.9. The molecule has 1 aromatic carbocycles. The van der Waals surface area contributed by atoms with Gasteiger partial charge in [-0.15, -0.1) is 0 Å². The summed E-state index contributed by atoms with van der Waals surface area (Å²) >= 11 is -0.647. The number of benzene rings is 1. The van der Waals surface area contributed by atoms with E-state index in [0.29, 0.717) is 0 Å². The van der Waals surface area contributed by atoms with Crippen LogP contribution in [0.2, 0.25) is 3.46 Å². The van der Waals surface area contributed by atoms with Crippen LogP contribution in [-0.2, 0) is 4.79 Å². The molecule has 0 heterocycles. The molecule has 0 saturated carbocycles. The molecule has 0 aliphatic carbocycles. The van der Waals surface area contributed by atoms with Gasteiger partial charge in [0.2, 0.25) is 0 Å². The Kier molecular flexibility index (Phi) is 3.35. The van der Waals surface area contributed by atoms with Gasteiger partial charge in [-0.1, -0.05) is 0 Å². The van der Waals surface area contributed by atoms with Crippen LogP contribution in [0.15, 0.2) is 30.3 Å². The fraction of sp³-hybridized carbons (Fsp3) is 0.300. The Morgan fingerprint density at radius 1 is 1.31 bits per heavy atom. The summed E-state index contributed by atoms with van der Waals surface area (Å²) < 4.78 is 0.646. The summed E-state index contributed by atoms with van der Waals surface area (Å²) in [7, 11) is 0. The van der Waals surface area contributed by atoms with Gasteiger partial charge in [-0.2, -0.15) is 0 Å². The third-order valence-electron chi connectivity index (χ3n) is 1.63. The molecule has 0 fully saturated rings. The third kappa shape index (κ3) is 3.02. The molecule has 1 N–H and O–H groups in total. The average Bonchev–Trinajstić information content (AvgIpc) is 2.05. The molecule has 0 radical (unpaired) electrons. The zero-order valence-corrected chi connectivity index (χ0v) is 9.98. The van der Waals surface area contributed by atoms with Crippen molar-refractivity contribution in [2.75, 3.05) is 0 Å². The van der Waals surface area contributed by atoms with Gasteiger partial charge in [0.15, 0.2) is 0 Å². The normalized spacial score (nSPS) is 11.2. The Bertz CT molecular complexity index is 293. The summed E-state index contributed by atoms with van der Waals surface area (Å²) in [5.41, 5.74) is 0. The Balaban J connectivity index is 2.75. The Hall–Kier alpha value is -0.520. The molecule has 13 heavy (non-hydrogen) atoms. The van der Waals surface area contributed by atoms with Gasteiger partial charge in [-0.25, -0.2) is 0 Å². The molecule has 0 bridgehead atoms. The van der Waals surface area contributed by atoms with E-state index in [2.05, 4.69) is 0 Å². The third-order valence-corrected chi connectivity index (χ3v) is 5.04. The van der Waals surface area contributed by atoms with Crippen LogP contribution in [0.5, 0.6) is 0 Å². The van der Waals surface area contributed by atoms with Crippen LogP contribution in [0, 0.1) is 0 Å². The molecule has 0 amide bonds. The van der Waals surface area contributed by atoms with Crippen molar-refractivity contribution in [3.63, 3.8) is 0 Å². The van der Waals surface area contributed by atoms with Crippen molar-refractivity contribution < 1.29 is 9.90 Å². The van der Waals surface area contributed by atoms with Gasteiger partial charge in [0, 0.05) is 0 Å². The van der Waals surface area contributed by atoms with E-state index in [1.165, 1.54) is 3.61 Å². The zero-order valence-electron chi connectivity index (χ0n) is 7.65. The van der Waals surface area contributed by atoms with Gasteiger partial charge >= 0.3 is 88.0 Å². The number of carboxylic acids is 1. The second-order valence-electron chi connectivity index (χ2n) is 3.23. The van der Waals surface area contributed by atoms with Crippen molar-refractivity contribution in [1.82, 2.24) is 0 Å². The van der Waals surface area contributed by atoms with Crippen molar-refractivity contribution in [2.45, 2.75) is 17.3 Å². The van der Waals surface area contributed by atoms with Crippen molar-refractivity contribution in [3.05, 3.63) is 30.3 Å². The van der Waals surface area contributed by atoms with Crippen molar-refractivity contribution in [1.29, 1.82) is 0 Å². The van der Waals surface area contributed by atoms with E-state index in [1.54, 1.807) is 13.8 Å². The number of carboxylic acid groups (broad SMARTS) is 1. The van der Waals surface area contributed by atoms with Crippen LogP contribution in [-0.4, -0.2) is 32.0 Å². The molecule has 1 rings (SSSR count). The molecule has 2 nitrogen and oxygen atoms in total. The predicted octanol–water partition coefficient (Wildman–Crippen LogP) is 1.30. The Morgan fingerprint density at radius 3 is 2.31 bits per heavy atom. The number of rotatable bonds is 3. The molecule has 0 aliphatic rings. The van der Waals surface area contributed by atoms with Crippen LogP contribution in [0.3, 0.4) is 0 Å². The molecule has 0 saturated heterocycles. The minimum absolute atomic E-state index is 0.549. The maximum absolute atomic E-state index is 10.9. The van der Waals surface area contributed by atoms with E-state index < -0.39 is 30.4 Å². The number of carbonyl (C=O) groups is 1. The van der Waals surface area contributed by atoms with Gasteiger partial charge in [0.1, 0.15) is 0 Å². The van der Waals surface area contributed by atoms with E-state index in [1.807, 2.05) is 30.3 Å². The monoisotopic (exact) mass is 294 g/mol. The van der Waals surface area contributed by atoms with Crippen LogP contribution < -0.4 is 3.61 Å². The average molecular weight is 292 g/mol. The standard InChI is InChI=1S/C10H12O2Te/c1-10(2,9(11)12)13-8-6-4-3-5-7-8/h3-7H,1-2H3,(H,11,12). The number of aliphatic carboxylic acids is 1. The van der Waals surface area contributed by atoms with Crippen LogP contribution in [0.1, 0.15) is 13.8 Å². The molecule has 0 unspecified atom stereocenters. The van der Waals surface area contributed by atoms with E-state index in [9.17, 15) is 4.79 Å². The van der Waals surface area contributed by atoms with Crippen molar-refractivity contribution >= 4 is 30.5 Å². The molecule has 0 aliphatic heterocycles. The van der Waals surface area contributed by atoms with Gasteiger partial charge in [0.05, 0.1) is 0 Å². The first kappa shape index (κ1) is 10.6. The van der Waals surface area contributed by atoms with Gasteiger partial charge in [-0.05, 0) is 0 Å². The molecule has 3 heteroatoms. The van der Waals surface area contributed by atoms with Crippen LogP contribution in [0.25, 0.3) is 0 Å². The van der Waals surface area contributed by atoms with E-state index >= 15 is 0 Å². The summed E-state index contributed by atoms with van der Waals surface area (Å²) in [6.45, 7) is 3.59. The van der Waals surface area contributed by atoms with Crippen molar-refractivity contribution in [2.24, 2.45) is 0 Å². The first-order valence-electron chi connectivity index (χ1n) is 4.00. The topological polar surface area (TPSA) is 37.3 Å². The zero-order chi connectivity index (χ0) is 9.90. The van der Waals surface area contributed by atoms with E-state index in [4.69, 9.17) is 5.11 Å². The fourth-order valence-electron chi connectivity index (χ4n) is 0.827. The summed E-state index contributed by atoms with van der Waals surface area (Å²) in [5, 5.41) is 8.94. The van der Waals surface area contributed by atoms with Gasteiger partial charge in [0.25, 0.3) is 0 Å². The number of hydrogen-bond donors (Lipinski definition) is 1. The second kappa shape index (κ2) is 4.13. The summed E-state index contributed by atoms with van der Waals surface area (Å²) in [6, 6.07) is 9.88. The molecule has 0 atom stereocenters. The predicted molar refractivity (Wildman–Crippen MR) is 53.5 cm³/mol. The quantitative estimate of drug-likeness (QED) is 0.853. The van der Waals surface area contributed by atoms with Crippen LogP contribution in [0.4, 0.5) is 0 Å². The molecule has 70 valence electrons. The number of hydrogen-bond acceptors (Lipinski definition) is 1.